The van der Waals surface area contributed by atoms with E-state index >= 15 is 0 Å². The van der Waals surface area contributed by atoms with Gasteiger partial charge in [0.15, 0.2) is 6.10 Å². The van der Waals surface area contributed by atoms with Crippen LogP contribution in [0, 0.1) is 0 Å². The first-order valence-electron chi connectivity index (χ1n) is 19.8. The van der Waals surface area contributed by atoms with Gasteiger partial charge in [-0.1, -0.05) is 126 Å². The van der Waals surface area contributed by atoms with Crippen LogP contribution in [0.15, 0.2) is 60.8 Å². The number of phosphoric ester groups is 1. The zero-order valence-corrected chi connectivity index (χ0v) is 33.0. The molecule has 294 valence electrons. The van der Waals surface area contributed by atoms with Crippen molar-refractivity contribution in [3.63, 3.8) is 0 Å². The van der Waals surface area contributed by atoms with E-state index in [1.807, 2.05) is 0 Å². The number of hydrogen-bond acceptors (Lipinski definition) is 8. The first kappa shape index (κ1) is 48.7. The van der Waals surface area contributed by atoms with E-state index in [0.29, 0.717) is 12.8 Å². The molecule has 0 rings (SSSR count). The normalized spacial score (nSPS) is 14.0. The molecule has 0 radical (unpaired) electrons. The lowest BCUT2D eigenvalue weighted by Gasteiger charge is -2.19. The van der Waals surface area contributed by atoms with Crippen molar-refractivity contribution in [1.29, 1.82) is 0 Å². The maximum absolute atomic E-state index is 12.5. The highest BCUT2D eigenvalue weighted by molar-refractivity contribution is 7.47. The van der Waals surface area contributed by atoms with Gasteiger partial charge in [-0.3, -0.25) is 18.6 Å². The molecule has 0 fully saturated rings. The summed E-state index contributed by atoms with van der Waals surface area (Å²) in [5.74, 6) is -0.873. The summed E-state index contributed by atoms with van der Waals surface area (Å²) in [6.07, 6.45) is 42.5. The van der Waals surface area contributed by atoms with Crippen molar-refractivity contribution in [2.24, 2.45) is 5.73 Å². The number of rotatable bonds is 36. The van der Waals surface area contributed by atoms with Crippen LogP contribution < -0.4 is 5.73 Å². The largest absolute Gasteiger partial charge is 0.472 e. The first-order valence-corrected chi connectivity index (χ1v) is 21.3. The van der Waals surface area contributed by atoms with Crippen LogP contribution in [0.4, 0.5) is 0 Å². The highest BCUT2D eigenvalue weighted by Gasteiger charge is 2.25. The van der Waals surface area contributed by atoms with Gasteiger partial charge in [-0.15, -0.1) is 0 Å². The van der Waals surface area contributed by atoms with Crippen LogP contribution >= 0.6 is 7.82 Å². The zero-order valence-electron chi connectivity index (χ0n) is 32.1. The topological polar surface area (TPSA) is 134 Å². The van der Waals surface area contributed by atoms with Gasteiger partial charge in [0.1, 0.15) is 6.61 Å². The van der Waals surface area contributed by atoms with Crippen LogP contribution in [0.2, 0.25) is 0 Å². The van der Waals surface area contributed by atoms with Crippen LogP contribution in [-0.2, 0) is 32.7 Å². The summed E-state index contributed by atoms with van der Waals surface area (Å²) in [4.78, 5) is 34.7. The van der Waals surface area contributed by atoms with Crippen molar-refractivity contribution in [3.05, 3.63) is 60.8 Å². The van der Waals surface area contributed by atoms with E-state index < -0.39 is 32.5 Å². The summed E-state index contributed by atoms with van der Waals surface area (Å²) in [6, 6.07) is 0. The molecule has 0 aliphatic carbocycles. The van der Waals surface area contributed by atoms with Crippen molar-refractivity contribution in [1.82, 2.24) is 0 Å². The van der Waals surface area contributed by atoms with Gasteiger partial charge in [-0.25, -0.2) is 4.57 Å². The molecule has 2 unspecified atom stereocenters. The lowest BCUT2D eigenvalue weighted by molar-refractivity contribution is -0.161. The molecule has 0 heterocycles. The van der Waals surface area contributed by atoms with E-state index in [1.54, 1.807) is 0 Å². The standard InChI is InChI=1S/C41H72NO8P/c1-3-5-7-9-11-13-15-17-18-19-20-22-23-25-27-29-31-33-40(43)47-37-39(38-49-51(45,46)48-36-35-42)50-41(44)34-32-30-28-26-24-21-16-14-12-10-8-6-4-2/h5,7,11,13-14,16-18,20,22,39H,3-4,6,8-10,12,15,19,21,23-38,42H2,1-2H3,(H,45,46). The maximum atomic E-state index is 12.5. The van der Waals surface area contributed by atoms with Gasteiger partial charge >= 0.3 is 19.8 Å². The summed E-state index contributed by atoms with van der Waals surface area (Å²) in [5, 5.41) is 0. The number of nitrogens with two attached hydrogens (primary N) is 1. The number of carbonyl (C=O) groups is 2. The number of unbranched alkanes of at least 4 members (excludes halogenated alkanes) is 13. The van der Waals surface area contributed by atoms with Gasteiger partial charge in [0.25, 0.3) is 0 Å². The van der Waals surface area contributed by atoms with Crippen molar-refractivity contribution >= 4 is 19.8 Å². The second-order valence-corrected chi connectivity index (χ2v) is 14.2. The molecule has 2 atom stereocenters. The number of esters is 2. The predicted octanol–water partition coefficient (Wildman–Crippen LogP) is 10.9. The lowest BCUT2D eigenvalue weighted by atomic mass is 10.1. The monoisotopic (exact) mass is 737 g/mol. The van der Waals surface area contributed by atoms with Crippen LogP contribution in [-0.4, -0.2) is 49.3 Å². The minimum atomic E-state index is -4.38. The third kappa shape index (κ3) is 37.3. The Kier molecular flexibility index (Phi) is 35.8. The smallest absolute Gasteiger partial charge is 0.462 e. The number of carbonyl (C=O) groups excluding carboxylic acids is 2. The van der Waals surface area contributed by atoms with E-state index in [2.05, 4.69) is 74.6 Å². The lowest BCUT2D eigenvalue weighted by Crippen LogP contribution is -2.29. The molecule has 0 aliphatic heterocycles. The quantitative estimate of drug-likeness (QED) is 0.0279. The highest BCUT2D eigenvalue weighted by Crippen LogP contribution is 2.43. The Balaban J connectivity index is 4.27. The van der Waals surface area contributed by atoms with E-state index in [1.165, 1.54) is 25.7 Å². The number of allylic oxidation sites excluding steroid dienone is 10. The van der Waals surface area contributed by atoms with Crippen LogP contribution in [0.3, 0.4) is 0 Å². The van der Waals surface area contributed by atoms with Gasteiger partial charge in [-0.2, -0.15) is 0 Å². The number of phosphoric acid groups is 1. The van der Waals surface area contributed by atoms with Crippen molar-refractivity contribution in [3.8, 4) is 0 Å². The Morgan fingerprint density at radius 2 is 1.08 bits per heavy atom. The number of ether oxygens (including phenoxy) is 2. The second kappa shape index (κ2) is 37.5. The first-order chi connectivity index (χ1) is 24.8. The molecule has 0 bridgehead atoms. The minimum absolute atomic E-state index is 0.0458. The molecule has 0 aromatic rings. The molecule has 0 aromatic carbocycles. The molecule has 0 amide bonds. The Hall–Kier alpha value is -2.29. The van der Waals surface area contributed by atoms with Gasteiger partial charge < -0.3 is 20.1 Å². The summed E-state index contributed by atoms with van der Waals surface area (Å²) >= 11 is 0. The van der Waals surface area contributed by atoms with Crippen molar-refractivity contribution < 1.29 is 37.6 Å². The Labute approximate surface area is 310 Å². The molecule has 9 nitrogen and oxygen atoms in total. The zero-order chi connectivity index (χ0) is 37.5. The van der Waals surface area contributed by atoms with Gasteiger partial charge in [0, 0.05) is 19.4 Å². The molecule has 51 heavy (non-hydrogen) atoms. The molecule has 0 spiro atoms. The number of hydrogen-bond donors (Lipinski definition) is 2. The maximum Gasteiger partial charge on any atom is 0.472 e. The molecule has 0 saturated carbocycles. The fourth-order valence-electron chi connectivity index (χ4n) is 4.97. The van der Waals surface area contributed by atoms with Gasteiger partial charge in [0.05, 0.1) is 13.2 Å². The molecule has 0 saturated heterocycles. The Morgan fingerprint density at radius 1 is 0.608 bits per heavy atom. The molecular weight excluding hydrogens is 665 g/mol. The van der Waals surface area contributed by atoms with Gasteiger partial charge in [0.2, 0.25) is 0 Å². The molecule has 3 N–H and O–H groups in total. The van der Waals surface area contributed by atoms with E-state index in [0.717, 1.165) is 89.9 Å². The molecule has 0 aromatic heterocycles. The summed E-state index contributed by atoms with van der Waals surface area (Å²) in [7, 11) is -4.38. The van der Waals surface area contributed by atoms with E-state index in [9.17, 15) is 19.0 Å². The van der Waals surface area contributed by atoms with Crippen LogP contribution in [0.1, 0.15) is 155 Å². The second-order valence-electron chi connectivity index (χ2n) is 12.8. The summed E-state index contributed by atoms with van der Waals surface area (Å²) in [5.41, 5.74) is 5.33. The third-order valence-corrected chi connectivity index (χ3v) is 8.87. The van der Waals surface area contributed by atoms with Crippen molar-refractivity contribution in [2.75, 3.05) is 26.4 Å². The fraction of sp³-hybridized carbons (Fsp3) is 0.707. The molecule has 10 heteroatoms. The minimum Gasteiger partial charge on any atom is -0.462 e. The molecular formula is C41H72NO8P. The average Bonchev–Trinajstić information content (AvgIpc) is 3.11. The fourth-order valence-corrected chi connectivity index (χ4v) is 5.74. The molecule has 0 aliphatic rings. The van der Waals surface area contributed by atoms with E-state index in [4.69, 9.17) is 24.3 Å². The summed E-state index contributed by atoms with van der Waals surface area (Å²) in [6.45, 7) is 3.54. The van der Waals surface area contributed by atoms with E-state index in [-0.39, 0.29) is 32.6 Å². The predicted molar refractivity (Wildman–Crippen MR) is 210 cm³/mol. The average molecular weight is 738 g/mol. The van der Waals surface area contributed by atoms with Crippen LogP contribution in [0.25, 0.3) is 0 Å². The van der Waals surface area contributed by atoms with Gasteiger partial charge in [-0.05, 0) is 77.0 Å². The summed E-state index contributed by atoms with van der Waals surface area (Å²) < 4.78 is 32.6. The van der Waals surface area contributed by atoms with Crippen molar-refractivity contribution in [2.45, 2.75) is 161 Å². The Bertz CT molecular complexity index is 1020. The SMILES string of the molecule is CCC=CCC=CCC=CCC=CCCCCCCC(=O)OCC(COP(=O)(O)OCCN)OC(=O)CCCCCCCC=CCCCCCC. The highest BCUT2D eigenvalue weighted by atomic mass is 31.2. The Morgan fingerprint density at radius 3 is 1.63 bits per heavy atom. The third-order valence-electron chi connectivity index (χ3n) is 7.89. The van der Waals surface area contributed by atoms with Crippen LogP contribution in [0.5, 0.6) is 0 Å².